The lowest BCUT2D eigenvalue weighted by Crippen LogP contribution is -2.10. The van der Waals surface area contributed by atoms with E-state index in [0.29, 0.717) is 0 Å². The van der Waals surface area contributed by atoms with Crippen LogP contribution < -0.4 is 9.80 Å². The SMILES string of the molecule is c1ccc(-c2ccc(N(c3ccccc3)c3ccc(-c4ccc(N(c5ccc(-c6ccc(-c7cccc8ccccc78)cc6)cc5)c5ccc(-c6cccc7ccccc67)cc5)cc4)cc3)cc2)cc1. The molecule has 0 aromatic heterocycles. The Morgan fingerprint density at radius 2 is 0.400 bits per heavy atom. The Labute approximate surface area is 410 Å². The summed E-state index contributed by atoms with van der Waals surface area (Å²) in [6, 6.07) is 105. The number of rotatable bonds is 11. The van der Waals surface area contributed by atoms with E-state index in [0.717, 1.165) is 45.3 Å². The molecule has 0 saturated heterocycles. The molecule has 0 heterocycles. The standard InChI is InChI=1S/C68H48N2/c1-3-13-49(14-4-1)51-29-39-60(40-30-51)69(59-19-5-2-6-20-59)61-41-33-53(34-42-61)54-35-45-63(46-36-54)70(64-47-37-58(38-48-64)68-24-12-18-56-16-8-10-22-66(56)68)62-43-31-52(32-44-62)50-25-27-57(28-26-50)67-23-11-17-55-15-7-9-21-65(55)67/h1-48H. The highest BCUT2D eigenvalue weighted by Gasteiger charge is 2.17. The van der Waals surface area contributed by atoms with Crippen LogP contribution >= 0.6 is 0 Å². The fourth-order valence-corrected chi connectivity index (χ4v) is 9.90. The molecule has 0 atom stereocenters. The maximum absolute atomic E-state index is 2.36. The molecule has 0 bridgehead atoms. The van der Waals surface area contributed by atoms with Gasteiger partial charge < -0.3 is 9.80 Å². The number of benzene rings is 12. The summed E-state index contributed by atoms with van der Waals surface area (Å²) in [4.78, 5) is 4.67. The van der Waals surface area contributed by atoms with Gasteiger partial charge in [0.05, 0.1) is 0 Å². The number of hydrogen-bond acceptors (Lipinski definition) is 2. The van der Waals surface area contributed by atoms with Crippen LogP contribution in [0.4, 0.5) is 34.1 Å². The van der Waals surface area contributed by atoms with E-state index in [-0.39, 0.29) is 0 Å². The molecule has 0 spiro atoms. The number of fused-ring (bicyclic) bond motifs is 2. The van der Waals surface area contributed by atoms with Gasteiger partial charge in [0.2, 0.25) is 0 Å². The van der Waals surface area contributed by atoms with Gasteiger partial charge in [-0.3, -0.25) is 0 Å². The maximum Gasteiger partial charge on any atom is 0.0462 e. The molecule has 0 aliphatic heterocycles. The fraction of sp³-hybridized carbons (Fsp3) is 0. The second-order valence-corrected chi connectivity index (χ2v) is 17.7. The van der Waals surface area contributed by atoms with E-state index >= 15 is 0 Å². The van der Waals surface area contributed by atoms with Gasteiger partial charge in [-0.2, -0.15) is 0 Å². The van der Waals surface area contributed by atoms with Crippen LogP contribution in [0.3, 0.4) is 0 Å². The Morgan fingerprint density at radius 1 is 0.157 bits per heavy atom. The van der Waals surface area contributed by atoms with E-state index in [2.05, 4.69) is 301 Å². The number of hydrogen-bond donors (Lipinski definition) is 0. The van der Waals surface area contributed by atoms with Crippen molar-refractivity contribution in [1.82, 2.24) is 0 Å². The van der Waals surface area contributed by atoms with Crippen LogP contribution in [0.1, 0.15) is 0 Å². The number of anilines is 6. The minimum atomic E-state index is 1.08. The summed E-state index contributed by atoms with van der Waals surface area (Å²) in [6.07, 6.45) is 0. The van der Waals surface area contributed by atoms with Crippen molar-refractivity contribution in [2.45, 2.75) is 0 Å². The molecule has 70 heavy (non-hydrogen) atoms. The fourth-order valence-electron chi connectivity index (χ4n) is 9.90. The summed E-state index contributed by atoms with van der Waals surface area (Å²) in [7, 11) is 0. The van der Waals surface area contributed by atoms with Crippen LogP contribution in [-0.2, 0) is 0 Å². The van der Waals surface area contributed by atoms with Crippen molar-refractivity contribution in [2.75, 3.05) is 9.80 Å². The molecule has 0 unspecified atom stereocenters. The zero-order valence-electron chi connectivity index (χ0n) is 38.6. The summed E-state index contributed by atoms with van der Waals surface area (Å²) >= 11 is 0. The van der Waals surface area contributed by atoms with Crippen LogP contribution in [0, 0.1) is 0 Å². The zero-order valence-corrected chi connectivity index (χ0v) is 38.6. The van der Waals surface area contributed by atoms with Gasteiger partial charge in [0.25, 0.3) is 0 Å². The molecule has 12 rings (SSSR count). The van der Waals surface area contributed by atoms with E-state index < -0.39 is 0 Å². The van der Waals surface area contributed by atoms with Crippen molar-refractivity contribution in [3.05, 3.63) is 291 Å². The minimum absolute atomic E-state index is 1.08. The lowest BCUT2D eigenvalue weighted by atomic mass is 9.96. The molecule has 2 nitrogen and oxygen atoms in total. The highest BCUT2D eigenvalue weighted by Crippen LogP contribution is 2.41. The number of nitrogens with zero attached hydrogens (tertiary/aromatic N) is 2. The van der Waals surface area contributed by atoms with Crippen molar-refractivity contribution in [3.8, 4) is 55.6 Å². The average molecular weight is 893 g/mol. The first-order valence-electron chi connectivity index (χ1n) is 24.0. The third-order valence-electron chi connectivity index (χ3n) is 13.5. The highest BCUT2D eigenvalue weighted by atomic mass is 15.1. The van der Waals surface area contributed by atoms with Crippen LogP contribution in [0.5, 0.6) is 0 Å². The van der Waals surface area contributed by atoms with Gasteiger partial charge in [-0.15, -0.1) is 0 Å². The van der Waals surface area contributed by atoms with Gasteiger partial charge >= 0.3 is 0 Å². The first kappa shape index (κ1) is 42.1. The predicted molar refractivity (Wildman–Crippen MR) is 298 cm³/mol. The predicted octanol–water partition coefficient (Wildman–Crippen LogP) is 19.3. The Balaban J connectivity index is 0.852. The Hall–Kier alpha value is -9.24. The minimum Gasteiger partial charge on any atom is -0.311 e. The third-order valence-corrected chi connectivity index (χ3v) is 13.5. The quantitative estimate of drug-likeness (QED) is 0.128. The average Bonchev–Trinajstić information content (AvgIpc) is 3.44. The first-order valence-corrected chi connectivity index (χ1v) is 24.0. The van der Waals surface area contributed by atoms with Gasteiger partial charge in [0.15, 0.2) is 0 Å². The lowest BCUT2D eigenvalue weighted by Gasteiger charge is -2.26. The molecule has 0 radical (unpaired) electrons. The molecule has 2 heteroatoms. The molecule has 0 amide bonds. The molecule has 0 N–H and O–H groups in total. The van der Waals surface area contributed by atoms with Gasteiger partial charge in [0, 0.05) is 34.1 Å². The summed E-state index contributed by atoms with van der Waals surface area (Å²) in [5, 5.41) is 5.02. The highest BCUT2D eigenvalue weighted by molar-refractivity contribution is 5.98. The van der Waals surface area contributed by atoms with E-state index in [1.54, 1.807) is 0 Å². The van der Waals surface area contributed by atoms with Crippen LogP contribution in [0.15, 0.2) is 291 Å². The van der Waals surface area contributed by atoms with Crippen LogP contribution in [0.25, 0.3) is 77.2 Å². The summed E-state index contributed by atoms with van der Waals surface area (Å²) in [6.45, 7) is 0. The van der Waals surface area contributed by atoms with Gasteiger partial charge in [-0.1, -0.05) is 218 Å². The Kier molecular flexibility index (Phi) is 11.3. The van der Waals surface area contributed by atoms with E-state index in [1.807, 2.05) is 0 Å². The summed E-state index contributed by atoms with van der Waals surface area (Å²) in [5.41, 5.74) is 18.5. The zero-order chi connectivity index (χ0) is 46.6. The van der Waals surface area contributed by atoms with E-state index in [9.17, 15) is 0 Å². The van der Waals surface area contributed by atoms with Crippen LogP contribution in [0.2, 0.25) is 0 Å². The van der Waals surface area contributed by atoms with Gasteiger partial charge in [-0.25, -0.2) is 0 Å². The molecular formula is C68H48N2. The third kappa shape index (κ3) is 8.40. The molecular weight excluding hydrogens is 845 g/mol. The molecule has 0 fully saturated rings. The van der Waals surface area contributed by atoms with Crippen molar-refractivity contribution >= 4 is 55.7 Å². The normalized spacial score (nSPS) is 11.1. The summed E-state index contributed by atoms with van der Waals surface area (Å²) in [5.74, 6) is 0. The molecule has 0 saturated carbocycles. The van der Waals surface area contributed by atoms with E-state index in [4.69, 9.17) is 0 Å². The largest absolute Gasteiger partial charge is 0.311 e. The Morgan fingerprint density at radius 3 is 0.771 bits per heavy atom. The molecule has 0 aliphatic rings. The molecule has 330 valence electrons. The Bertz CT molecular complexity index is 3690. The molecule has 0 aliphatic carbocycles. The lowest BCUT2D eigenvalue weighted by molar-refractivity contribution is 1.28. The van der Waals surface area contributed by atoms with Gasteiger partial charge in [-0.05, 0) is 150 Å². The molecule has 12 aromatic rings. The van der Waals surface area contributed by atoms with Crippen molar-refractivity contribution in [2.24, 2.45) is 0 Å². The second-order valence-electron chi connectivity index (χ2n) is 17.7. The van der Waals surface area contributed by atoms with Crippen molar-refractivity contribution < 1.29 is 0 Å². The number of para-hydroxylation sites is 1. The topological polar surface area (TPSA) is 6.48 Å². The van der Waals surface area contributed by atoms with Crippen molar-refractivity contribution in [1.29, 1.82) is 0 Å². The second kappa shape index (κ2) is 18.8. The molecule has 12 aromatic carbocycles. The summed E-state index contributed by atoms with van der Waals surface area (Å²) < 4.78 is 0. The van der Waals surface area contributed by atoms with Crippen LogP contribution in [-0.4, -0.2) is 0 Å². The first-order chi connectivity index (χ1) is 34.7. The monoisotopic (exact) mass is 892 g/mol. The van der Waals surface area contributed by atoms with E-state index in [1.165, 1.54) is 66.1 Å². The van der Waals surface area contributed by atoms with Crippen molar-refractivity contribution in [3.63, 3.8) is 0 Å². The maximum atomic E-state index is 2.36. The smallest absolute Gasteiger partial charge is 0.0462 e. The van der Waals surface area contributed by atoms with Gasteiger partial charge in [0.1, 0.15) is 0 Å².